The second kappa shape index (κ2) is 12.4. The van der Waals surface area contributed by atoms with Crippen molar-refractivity contribution in [2.24, 2.45) is 0 Å². The van der Waals surface area contributed by atoms with Crippen molar-refractivity contribution in [3.05, 3.63) is 0 Å². The Balaban J connectivity index is 0.00000324. The molecule has 2 heteroatoms. The third-order valence-electron chi connectivity index (χ3n) is 4.70. The molecule has 0 radical (unpaired) electrons. The van der Waals surface area contributed by atoms with Gasteiger partial charge in [0.2, 0.25) is 0 Å². The van der Waals surface area contributed by atoms with Gasteiger partial charge in [-0.25, -0.2) is 0 Å². The van der Waals surface area contributed by atoms with Crippen LogP contribution in [0.5, 0.6) is 0 Å². The Morgan fingerprint density at radius 2 is 1.11 bits per heavy atom. The molecule has 1 aliphatic rings. The molecule has 0 saturated carbocycles. The van der Waals surface area contributed by atoms with E-state index in [9.17, 15) is 0 Å². The van der Waals surface area contributed by atoms with Crippen LogP contribution in [0.1, 0.15) is 84.0 Å². The molecule has 0 bridgehead atoms. The summed E-state index contributed by atoms with van der Waals surface area (Å²) in [5.41, 5.74) is 0. The normalized spacial score (nSPS) is 17.4. The van der Waals surface area contributed by atoms with Crippen LogP contribution in [0.2, 0.25) is 0 Å². The lowest BCUT2D eigenvalue weighted by Crippen LogP contribution is -3.00. The van der Waals surface area contributed by atoms with Crippen molar-refractivity contribution < 1.29 is 28.5 Å². The van der Waals surface area contributed by atoms with Crippen LogP contribution < -0.4 is 24.0 Å². The number of quaternary nitrogens is 1. The molecule has 0 aromatic rings. The van der Waals surface area contributed by atoms with Gasteiger partial charge >= 0.3 is 0 Å². The summed E-state index contributed by atoms with van der Waals surface area (Å²) >= 11 is 0. The molecule has 0 aliphatic carbocycles. The molecular formula is C17H36IN. The predicted octanol–water partition coefficient (Wildman–Crippen LogP) is 2.15. The summed E-state index contributed by atoms with van der Waals surface area (Å²) in [5.74, 6) is 0. The van der Waals surface area contributed by atoms with E-state index in [4.69, 9.17) is 0 Å². The number of hydrogen-bond acceptors (Lipinski definition) is 0. The largest absolute Gasteiger partial charge is 1.00 e. The van der Waals surface area contributed by atoms with Crippen LogP contribution in [0, 0.1) is 0 Å². The summed E-state index contributed by atoms with van der Waals surface area (Å²) < 4.78 is 1.37. The molecular weight excluding hydrogens is 345 g/mol. The minimum atomic E-state index is 0. The van der Waals surface area contributed by atoms with Crippen LogP contribution in [0.4, 0.5) is 0 Å². The number of hydrogen-bond donors (Lipinski definition) is 0. The lowest BCUT2D eigenvalue weighted by atomic mass is 10.1. The first-order chi connectivity index (χ1) is 8.77. The fourth-order valence-electron chi connectivity index (χ4n) is 3.30. The second-order valence-corrected chi connectivity index (χ2v) is 6.68. The summed E-state index contributed by atoms with van der Waals surface area (Å²) in [5, 5.41) is 0. The molecule has 0 atom stereocenters. The third-order valence-corrected chi connectivity index (χ3v) is 4.70. The van der Waals surface area contributed by atoms with Gasteiger partial charge in [-0.2, -0.15) is 0 Å². The standard InChI is InChI=1S/C17H36N.HI/c1-3-4-5-6-7-8-9-10-11-12-15-18(2)16-13-14-17-18;/h3-17H2,1-2H3;1H/q+1;/p-1. The van der Waals surface area contributed by atoms with Crippen molar-refractivity contribution in [1.82, 2.24) is 0 Å². The minimum absolute atomic E-state index is 0. The van der Waals surface area contributed by atoms with Crippen molar-refractivity contribution in [2.75, 3.05) is 26.7 Å². The van der Waals surface area contributed by atoms with Gasteiger partial charge in [0, 0.05) is 12.8 Å². The fourth-order valence-corrected chi connectivity index (χ4v) is 3.30. The molecule has 0 unspecified atom stereocenters. The van der Waals surface area contributed by atoms with E-state index >= 15 is 0 Å². The lowest BCUT2D eigenvalue weighted by molar-refractivity contribution is -0.897. The SMILES string of the molecule is CCCCCCCCCCCC[N+]1(C)CCCC1.[I-]. The van der Waals surface area contributed by atoms with Gasteiger partial charge in [-0.05, 0) is 12.8 Å². The van der Waals surface area contributed by atoms with Crippen LogP contribution in [-0.2, 0) is 0 Å². The predicted molar refractivity (Wildman–Crippen MR) is 81.9 cm³/mol. The first-order valence-corrected chi connectivity index (χ1v) is 8.60. The van der Waals surface area contributed by atoms with E-state index in [0.29, 0.717) is 0 Å². The minimum Gasteiger partial charge on any atom is -1.00 e. The van der Waals surface area contributed by atoms with E-state index in [1.165, 1.54) is 101 Å². The van der Waals surface area contributed by atoms with Crippen molar-refractivity contribution in [3.8, 4) is 0 Å². The van der Waals surface area contributed by atoms with Crippen LogP contribution in [0.15, 0.2) is 0 Å². The maximum Gasteiger partial charge on any atom is 0.0786 e. The average Bonchev–Trinajstić information content (AvgIpc) is 2.79. The van der Waals surface area contributed by atoms with E-state index in [1.807, 2.05) is 0 Å². The highest BCUT2D eigenvalue weighted by Gasteiger charge is 2.25. The Morgan fingerprint density at radius 3 is 1.58 bits per heavy atom. The van der Waals surface area contributed by atoms with E-state index in [2.05, 4.69) is 14.0 Å². The first-order valence-electron chi connectivity index (χ1n) is 8.60. The molecule has 19 heavy (non-hydrogen) atoms. The Bertz CT molecular complexity index is 188. The van der Waals surface area contributed by atoms with Crippen LogP contribution in [-0.4, -0.2) is 31.2 Å². The molecule has 0 spiro atoms. The van der Waals surface area contributed by atoms with Gasteiger partial charge in [-0.3, -0.25) is 0 Å². The van der Waals surface area contributed by atoms with E-state index in [0.717, 1.165) is 0 Å². The molecule has 1 aliphatic heterocycles. The zero-order valence-corrected chi connectivity index (χ0v) is 15.6. The fraction of sp³-hybridized carbons (Fsp3) is 1.00. The molecule has 0 N–H and O–H groups in total. The topological polar surface area (TPSA) is 0 Å². The monoisotopic (exact) mass is 381 g/mol. The molecule has 1 saturated heterocycles. The van der Waals surface area contributed by atoms with Crippen LogP contribution in [0.3, 0.4) is 0 Å². The van der Waals surface area contributed by atoms with Gasteiger partial charge in [-0.1, -0.05) is 58.3 Å². The van der Waals surface area contributed by atoms with Crippen LogP contribution >= 0.6 is 0 Å². The highest BCUT2D eigenvalue weighted by molar-refractivity contribution is 4.53. The number of unbranched alkanes of at least 4 members (excludes halogenated alkanes) is 9. The summed E-state index contributed by atoms with van der Waals surface area (Å²) in [6, 6.07) is 0. The van der Waals surface area contributed by atoms with Gasteiger partial charge in [0.25, 0.3) is 0 Å². The quantitative estimate of drug-likeness (QED) is 0.292. The molecule has 1 nitrogen and oxygen atoms in total. The Kier molecular flexibility index (Phi) is 12.9. The molecule has 0 amide bonds. The smallest absolute Gasteiger partial charge is 0.0786 e. The highest BCUT2D eigenvalue weighted by atomic mass is 127. The number of likely N-dealkylation sites (tertiary alicyclic amines) is 1. The van der Waals surface area contributed by atoms with E-state index in [1.54, 1.807) is 0 Å². The third kappa shape index (κ3) is 10.1. The highest BCUT2D eigenvalue weighted by Crippen LogP contribution is 2.18. The summed E-state index contributed by atoms with van der Waals surface area (Å²) in [6.45, 7) is 6.62. The second-order valence-electron chi connectivity index (χ2n) is 6.68. The summed E-state index contributed by atoms with van der Waals surface area (Å²) in [7, 11) is 2.46. The Morgan fingerprint density at radius 1 is 0.684 bits per heavy atom. The molecule has 1 heterocycles. The molecule has 1 fully saturated rings. The van der Waals surface area contributed by atoms with E-state index < -0.39 is 0 Å². The van der Waals surface area contributed by atoms with Gasteiger partial charge in [0.05, 0.1) is 26.7 Å². The van der Waals surface area contributed by atoms with E-state index in [-0.39, 0.29) is 24.0 Å². The molecule has 0 aromatic heterocycles. The van der Waals surface area contributed by atoms with Crippen LogP contribution in [0.25, 0.3) is 0 Å². The van der Waals surface area contributed by atoms with Crippen molar-refractivity contribution in [1.29, 1.82) is 0 Å². The Labute approximate surface area is 139 Å². The zero-order chi connectivity index (χ0) is 13.1. The molecule has 0 aromatic carbocycles. The Hall–Kier alpha value is 0.690. The number of rotatable bonds is 11. The van der Waals surface area contributed by atoms with Crippen molar-refractivity contribution in [2.45, 2.75) is 84.0 Å². The number of halogens is 1. The van der Waals surface area contributed by atoms with Gasteiger partial charge in [-0.15, -0.1) is 0 Å². The van der Waals surface area contributed by atoms with Crippen molar-refractivity contribution >= 4 is 0 Å². The lowest BCUT2D eigenvalue weighted by Gasteiger charge is -2.29. The summed E-state index contributed by atoms with van der Waals surface area (Å²) in [6.07, 6.45) is 17.5. The van der Waals surface area contributed by atoms with Gasteiger partial charge in [0.15, 0.2) is 0 Å². The molecule has 1 rings (SSSR count). The zero-order valence-electron chi connectivity index (χ0n) is 13.4. The maximum atomic E-state index is 2.46. The van der Waals surface area contributed by atoms with Gasteiger partial charge < -0.3 is 28.5 Å². The van der Waals surface area contributed by atoms with Crippen molar-refractivity contribution in [3.63, 3.8) is 0 Å². The molecule has 116 valence electrons. The first kappa shape index (κ1) is 19.7. The maximum absolute atomic E-state index is 2.46. The average molecular weight is 381 g/mol. The van der Waals surface area contributed by atoms with Gasteiger partial charge in [0.1, 0.15) is 0 Å². The summed E-state index contributed by atoms with van der Waals surface area (Å²) in [4.78, 5) is 0. The number of nitrogens with zero attached hydrogens (tertiary/aromatic N) is 1.